The lowest BCUT2D eigenvalue weighted by molar-refractivity contribution is 0.425. The van der Waals surface area contributed by atoms with E-state index in [2.05, 4.69) is 15.1 Å². The van der Waals surface area contributed by atoms with Crippen molar-refractivity contribution in [2.45, 2.75) is 6.92 Å². The molecule has 6 heteroatoms. The molecule has 0 N–H and O–H groups in total. The fourth-order valence-electron chi connectivity index (χ4n) is 0.771. The predicted octanol–water partition coefficient (Wildman–Crippen LogP) is 2.11. The minimum absolute atomic E-state index is 0.490. The van der Waals surface area contributed by atoms with E-state index in [1.807, 2.05) is 34.9 Å². The topological polar surface area (TPSA) is 51.8 Å². The van der Waals surface area contributed by atoms with E-state index in [9.17, 15) is 0 Å². The highest BCUT2D eigenvalue weighted by Crippen LogP contribution is 2.19. The molecule has 0 saturated carbocycles. The normalized spacial score (nSPS) is 10.5. The number of rotatable bonds is 1. The van der Waals surface area contributed by atoms with E-state index in [-0.39, 0.29) is 0 Å². The van der Waals surface area contributed by atoms with Crippen LogP contribution in [0.3, 0.4) is 0 Å². The maximum Gasteiger partial charge on any atom is 0.278 e. The van der Waals surface area contributed by atoms with Gasteiger partial charge in [0.2, 0.25) is 3.83 Å². The van der Waals surface area contributed by atoms with Crippen molar-refractivity contribution in [1.29, 1.82) is 0 Å². The number of halogens is 1. The molecule has 0 bridgehead atoms. The number of hydrogen-bond acceptors (Lipinski definition) is 5. The van der Waals surface area contributed by atoms with Crippen molar-refractivity contribution in [2.75, 3.05) is 0 Å². The maximum atomic E-state index is 4.94. The Morgan fingerprint density at radius 2 is 2.33 bits per heavy atom. The van der Waals surface area contributed by atoms with Crippen LogP contribution in [0.25, 0.3) is 11.6 Å². The average Bonchev–Trinajstić information content (AvgIpc) is 2.58. The largest absolute Gasteiger partial charge is 0.331 e. The highest BCUT2D eigenvalue weighted by Gasteiger charge is 2.09. The Bertz CT molecular complexity index is 359. The van der Waals surface area contributed by atoms with Crippen molar-refractivity contribution in [3.05, 3.63) is 14.2 Å². The first kappa shape index (κ1) is 8.11. The minimum Gasteiger partial charge on any atom is -0.331 e. The summed E-state index contributed by atoms with van der Waals surface area (Å²) < 4.78 is 5.54. The van der Waals surface area contributed by atoms with E-state index in [1.165, 1.54) is 0 Å². The molecular formula is C6H4IN3OS. The standard InChI is InChI=1S/C6H4IN3OS/c1-3-8-4(2-12-3)5-9-6(7)10-11-5/h2H,1H3. The van der Waals surface area contributed by atoms with Crippen molar-refractivity contribution in [2.24, 2.45) is 0 Å². The number of hydrogen-bond donors (Lipinski definition) is 0. The Hall–Kier alpha value is -0.500. The zero-order valence-corrected chi connectivity index (χ0v) is 9.09. The number of aromatic nitrogens is 3. The Balaban J connectivity index is 2.43. The molecule has 4 nitrogen and oxygen atoms in total. The van der Waals surface area contributed by atoms with E-state index in [0.717, 1.165) is 10.7 Å². The minimum atomic E-state index is 0.490. The second-order valence-electron chi connectivity index (χ2n) is 2.12. The monoisotopic (exact) mass is 293 g/mol. The van der Waals surface area contributed by atoms with Gasteiger partial charge in [-0.05, 0) is 6.92 Å². The summed E-state index contributed by atoms with van der Waals surface area (Å²) >= 11 is 3.56. The van der Waals surface area contributed by atoms with Gasteiger partial charge in [-0.1, -0.05) is 5.16 Å². The lowest BCUT2D eigenvalue weighted by atomic mass is 10.5. The highest BCUT2D eigenvalue weighted by atomic mass is 127. The van der Waals surface area contributed by atoms with E-state index in [4.69, 9.17) is 4.52 Å². The molecule has 0 fully saturated rings. The van der Waals surface area contributed by atoms with Gasteiger partial charge in [-0.15, -0.1) is 11.3 Å². The van der Waals surface area contributed by atoms with Gasteiger partial charge in [0.1, 0.15) is 5.69 Å². The number of thiazole rings is 1. The second-order valence-corrected chi connectivity index (χ2v) is 4.15. The molecule has 2 aromatic rings. The summed E-state index contributed by atoms with van der Waals surface area (Å²) in [6.07, 6.45) is 0. The zero-order valence-electron chi connectivity index (χ0n) is 6.11. The van der Waals surface area contributed by atoms with E-state index < -0.39 is 0 Å². The Morgan fingerprint density at radius 1 is 1.50 bits per heavy atom. The van der Waals surface area contributed by atoms with Crippen LogP contribution >= 0.6 is 33.9 Å². The molecule has 0 aliphatic heterocycles. The molecule has 62 valence electrons. The first-order chi connectivity index (χ1) is 5.75. The summed E-state index contributed by atoms with van der Waals surface area (Å²) in [6.45, 7) is 1.94. The lowest BCUT2D eigenvalue weighted by Crippen LogP contribution is -1.77. The first-order valence-electron chi connectivity index (χ1n) is 3.17. The van der Waals surface area contributed by atoms with Crippen molar-refractivity contribution in [1.82, 2.24) is 15.1 Å². The smallest absolute Gasteiger partial charge is 0.278 e. The lowest BCUT2D eigenvalue weighted by Gasteiger charge is -1.81. The summed E-state index contributed by atoms with van der Waals surface area (Å²) in [6, 6.07) is 0. The molecule has 0 radical (unpaired) electrons. The van der Waals surface area contributed by atoms with Gasteiger partial charge in [0.15, 0.2) is 0 Å². The first-order valence-corrected chi connectivity index (χ1v) is 5.13. The quantitative estimate of drug-likeness (QED) is 0.756. The van der Waals surface area contributed by atoms with Gasteiger partial charge in [-0.25, -0.2) is 4.98 Å². The van der Waals surface area contributed by atoms with Gasteiger partial charge < -0.3 is 4.52 Å². The van der Waals surface area contributed by atoms with Gasteiger partial charge in [0.05, 0.1) is 5.01 Å². The molecule has 0 aromatic carbocycles. The molecule has 0 spiro atoms. The second kappa shape index (κ2) is 3.09. The molecule has 0 aliphatic rings. The van der Waals surface area contributed by atoms with E-state index in [1.54, 1.807) is 11.3 Å². The Morgan fingerprint density at radius 3 is 2.83 bits per heavy atom. The van der Waals surface area contributed by atoms with Crippen LogP contribution in [0, 0.1) is 10.8 Å². The van der Waals surface area contributed by atoms with Crippen molar-refractivity contribution in [3.8, 4) is 11.6 Å². The molecule has 2 rings (SSSR count). The van der Waals surface area contributed by atoms with Gasteiger partial charge >= 0.3 is 0 Å². The third kappa shape index (κ3) is 1.48. The molecule has 0 unspecified atom stereocenters. The van der Waals surface area contributed by atoms with Crippen molar-refractivity contribution in [3.63, 3.8) is 0 Å². The fourth-order valence-corrected chi connectivity index (χ4v) is 1.68. The van der Waals surface area contributed by atoms with Crippen LogP contribution in [0.4, 0.5) is 0 Å². The summed E-state index contributed by atoms with van der Waals surface area (Å²) in [4.78, 5) is 8.26. The SMILES string of the molecule is Cc1nc(-c2nc(I)no2)cs1. The van der Waals surface area contributed by atoms with Crippen molar-refractivity contribution >= 4 is 33.9 Å². The number of aryl methyl sites for hydroxylation is 1. The van der Waals surface area contributed by atoms with Crippen molar-refractivity contribution < 1.29 is 4.52 Å². The molecule has 0 saturated heterocycles. The fraction of sp³-hybridized carbons (Fsp3) is 0.167. The Labute approximate surface area is 86.2 Å². The summed E-state index contributed by atoms with van der Waals surface area (Å²) in [5.41, 5.74) is 0.757. The van der Waals surface area contributed by atoms with E-state index >= 15 is 0 Å². The zero-order chi connectivity index (χ0) is 8.55. The average molecular weight is 293 g/mol. The summed E-state index contributed by atoms with van der Waals surface area (Å²) in [5, 5.41) is 6.57. The molecule has 0 amide bonds. The van der Waals surface area contributed by atoms with Crippen LogP contribution in [0.5, 0.6) is 0 Å². The van der Waals surface area contributed by atoms with Crippen LogP contribution in [0.1, 0.15) is 5.01 Å². The van der Waals surface area contributed by atoms with Crippen LogP contribution < -0.4 is 0 Å². The molecule has 0 aliphatic carbocycles. The van der Waals surface area contributed by atoms with Gasteiger partial charge in [0.25, 0.3) is 5.89 Å². The molecule has 0 atom stereocenters. The van der Waals surface area contributed by atoms with Gasteiger partial charge in [-0.3, -0.25) is 0 Å². The van der Waals surface area contributed by atoms with Crippen LogP contribution in [0.15, 0.2) is 9.90 Å². The maximum absolute atomic E-state index is 4.94. The van der Waals surface area contributed by atoms with Gasteiger partial charge in [-0.2, -0.15) is 4.98 Å². The molecule has 12 heavy (non-hydrogen) atoms. The van der Waals surface area contributed by atoms with Crippen LogP contribution in [-0.2, 0) is 0 Å². The summed E-state index contributed by atoms with van der Waals surface area (Å²) in [5.74, 6) is 0.490. The molecular weight excluding hydrogens is 289 g/mol. The van der Waals surface area contributed by atoms with Gasteiger partial charge in [0, 0.05) is 28.0 Å². The van der Waals surface area contributed by atoms with Crippen LogP contribution in [0.2, 0.25) is 0 Å². The molecule has 2 heterocycles. The van der Waals surface area contributed by atoms with Crippen LogP contribution in [-0.4, -0.2) is 15.1 Å². The Kier molecular flexibility index (Phi) is 2.09. The highest BCUT2D eigenvalue weighted by molar-refractivity contribution is 14.1. The number of nitrogens with zero attached hydrogens (tertiary/aromatic N) is 3. The summed E-state index contributed by atoms with van der Waals surface area (Å²) in [7, 11) is 0. The third-order valence-electron chi connectivity index (χ3n) is 1.24. The predicted molar refractivity (Wildman–Crippen MR) is 52.9 cm³/mol. The molecule has 2 aromatic heterocycles. The third-order valence-corrected chi connectivity index (χ3v) is 2.45. The van der Waals surface area contributed by atoms with E-state index in [0.29, 0.717) is 9.72 Å².